The molecule has 1 aliphatic heterocycles. The zero-order valence-electron chi connectivity index (χ0n) is 15.4. The van der Waals surface area contributed by atoms with Crippen LogP contribution in [-0.2, 0) is 6.54 Å². The number of aromatic nitrogens is 1. The van der Waals surface area contributed by atoms with Gasteiger partial charge in [0.2, 0.25) is 0 Å². The molecule has 0 saturated heterocycles. The molecule has 0 bridgehead atoms. The second-order valence-corrected chi connectivity index (χ2v) is 6.77. The summed E-state index contributed by atoms with van der Waals surface area (Å²) in [6.07, 6.45) is 2.15. The Balaban J connectivity index is 1.84. The minimum atomic E-state index is 0.0607. The van der Waals surface area contributed by atoms with Crippen molar-refractivity contribution in [3.8, 4) is 5.75 Å². The first-order valence-electron chi connectivity index (χ1n) is 9.34. The molecule has 0 radical (unpaired) electrons. The van der Waals surface area contributed by atoms with Crippen LogP contribution in [0.3, 0.4) is 0 Å². The zero-order valence-corrected chi connectivity index (χ0v) is 15.4. The van der Waals surface area contributed by atoms with Crippen LogP contribution in [0.1, 0.15) is 35.8 Å². The van der Waals surface area contributed by atoms with Crippen molar-refractivity contribution in [2.75, 3.05) is 18.1 Å². The Morgan fingerprint density at radius 3 is 2.73 bits per heavy atom. The van der Waals surface area contributed by atoms with E-state index < -0.39 is 0 Å². The van der Waals surface area contributed by atoms with E-state index in [4.69, 9.17) is 4.74 Å². The molecule has 0 saturated carbocycles. The highest BCUT2D eigenvalue weighted by atomic mass is 16.5. The molecule has 1 aliphatic rings. The Morgan fingerprint density at radius 1 is 1.12 bits per heavy atom. The summed E-state index contributed by atoms with van der Waals surface area (Å²) in [6, 6.07) is 16.1. The van der Waals surface area contributed by atoms with Gasteiger partial charge in [-0.05, 0) is 37.1 Å². The Bertz CT molecular complexity index is 958. The number of fused-ring (bicyclic) bond motifs is 2. The van der Waals surface area contributed by atoms with E-state index in [1.807, 2.05) is 41.3 Å². The van der Waals surface area contributed by atoms with Gasteiger partial charge in [-0.1, -0.05) is 43.7 Å². The van der Waals surface area contributed by atoms with Crippen LogP contribution in [0.2, 0.25) is 0 Å². The number of nitrogens with zero attached hydrogens (tertiary/aromatic N) is 2. The number of carbonyl (C=O) groups excluding carboxylic acids is 1. The second-order valence-electron chi connectivity index (χ2n) is 6.77. The molecule has 3 aromatic rings. The van der Waals surface area contributed by atoms with Crippen molar-refractivity contribution in [1.82, 2.24) is 4.57 Å². The van der Waals surface area contributed by atoms with Gasteiger partial charge >= 0.3 is 0 Å². The Kier molecular flexibility index (Phi) is 4.41. The van der Waals surface area contributed by atoms with E-state index in [0.29, 0.717) is 13.2 Å². The number of hydrogen-bond acceptors (Lipinski definition) is 2. The first kappa shape index (κ1) is 16.7. The average Bonchev–Trinajstić information content (AvgIpc) is 2.97. The number of benzene rings is 2. The molecular formula is C22H24N2O2. The molecule has 4 rings (SSSR count). The molecule has 4 heteroatoms. The van der Waals surface area contributed by atoms with Gasteiger partial charge in [-0.15, -0.1) is 0 Å². The zero-order chi connectivity index (χ0) is 18.1. The average molecular weight is 348 g/mol. The third-order valence-electron chi connectivity index (χ3n) is 5.14. The summed E-state index contributed by atoms with van der Waals surface area (Å²) in [7, 11) is 0. The molecular weight excluding hydrogens is 324 g/mol. The smallest absolute Gasteiger partial charge is 0.275 e. The van der Waals surface area contributed by atoms with Gasteiger partial charge in [0, 0.05) is 17.4 Å². The van der Waals surface area contributed by atoms with Gasteiger partial charge in [-0.3, -0.25) is 4.79 Å². The lowest BCUT2D eigenvalue weighted by atomic mass is 10.1. The van der Waals surface area contributed by atoms with E-state index in [2.05, 4.69) is 30.5 Å². The van der Waals surface area contributed by atoms with E-state index >= 15 is 0 Å². The molecule has 2 heterocycles. The summed E-state index contributed by atoms with van der Waals surface area (Å²) in [5.41, 5.74) is 3.86. The number of aryl methyl sites for hydroxylation is 2. The Hall–Kier alpha value is -2.75. The van der Waals surface area contributed by atoms with Crippen molar-refractivity contribution in [3.63, 3.8) is 0 Å². The van der Waals surface area contributed by atoms with E-state index in [1.165, 1.54) is 0 Å². The number of rotatable bonds is 4. The van der Waals surface area contributed by atoms with Crippen LogP contribution >= 0.6 is 0 Å². The maximum Gasteiger partial charge on any atom is 0.275 e. The van der Waals surface area contributed by atoms with Crippen molar-refractivity contribution in [3.05, 3.63) is 59.8 Å². The van der Waals surface area contributed by atoms with E-state index in [1.54, 1.807) is 0 Å². The van der Waals surface area contributed by atoms with E-state index in [0.717, 1.165) is 53.0 Å². The first-order chi connectivity index (χ1) is 12.7. The van der Waals surface area contributed by atoms with Crippen molar-refractivity contribution >= 4 is 22.5 Å². The Labute approximate surface area is 154 Å². The number of hydrogen-bond donors (Lipinski definition) is 0. The van der Waals surface area contributed by atoms with Crippen LogP contribution in [0.15, 0.2) is 48.5 Å². The van der Waals surface area contributed by atoms with Crippen LogP contribution in [0.25, 0.3) is 10.9 Å². The number of amides is 1. The monoisotopic (exact) mass is 348 g/mol. The number of anilines is 1. The summed E-state index contributed by atoms with van der Waals surface area (Å²) in [6.45, 7) is 6.20. The second kappa shape index (κ2) is 6.87. The van der Waals surface area contributed by atoms with Gasteiger partial charge in [0.15, 0.2) is 0 Å². The standard InChI is InChI=1S/C22H24N2O2/c1-3-4-13-23-18-10-6-5-9-17(18)16(2)21(23)22(25)24-14-15-26-20-12-8-7-11-19(20)24/h5-12H,3-4,13-15H2,1-2H3. The molecule has 0 aliphatic carbocycles. The molecule has 134 valence electrons. The van der Waals surface area contributed by atoms with Gasteiger partial charge < -0.3 is 14.2 Å². The molecule has 0 spiro atoms. The molecule has 1 amide bonds. The van der Waals surface area contributed by atoms with Crippen molar-refractivity contribution < 1.29 is 9.53 Å². The fourth-order valence-electron chi connectivity index (χ4n) is 3.81. The highest BCUT2D eigenvalue weighted by Crippen LogP contribution is 2.34. The largest absolute Gasteiger partial charge is 0.490 e. The fraction of sp³-hybridized carbons (Fsp3) is 0.318. The minimum absolute atomic E-state index is 0.0607. The molecule has 0 N–H and O–H groups in total. The number of carbonyl (C=O) groups is 1. The molecule has 4 nitrogen and oxygen atoms in total. The van der Waals surface area contributed by atoms with Crippen LogP contribution in [-0.4, -0.2) is 23.6 Å². The maximum atomic E-state index is 13.6. The van der Waals surface area contributed by atoms with Crippen LogP contribution < -0.4 is 9.64 Å². The topological polar surface area (TPSA) is 34.5 Å². The first-order valence-corrected chi connectivity index (χ1v) is 9.34. The summed E-state index contributed by atoms with van der Waals surface area (Å²) >= 11 is 0. The summed E-state index contributed by atoms with van der Waals surface area (Å²) in [4.78, 5) is 15.5. The van der Waals surface area contributed by atoms with Crippen LogP contribution in [0.4, 0.5) is 5.69 Å². The van der Waals surface area contributed by atoms with Crippen LogP contribution in [0, 0.1) is 6.92 Å². The number of unbranched alkanes of at least 4 members (excludes halogenated alkanes) is 1. The summed E-state index contributed by atoms with van der Waals surface area (Å²) < 4.78 is 7.93. The van der Waals surface area contributed by atoms with E-state index in [-0.39, 0.29) is 5.91 Å². The number of para-hydroxylation sites is 3. The van der Waals surface area contributed by atoms with Gasteiger partial charge in [-0.2, -0.15) is 0 Å². The minimum Gasteiger partial charge on any atom is -0.490 e. The number of ether oxygens (including phenoxy) is 1. The lowest BCUT2D eigenvalue weighted by Crippen LogP contribution is -2.39. The van der Waals surface area contributed by atoms with Crippen molar-refractivity contribution in [2.45, 2.75) is 33.2 Å². The summed E-state index contributed by atoms with van der Waals surface area (Å²) in [5.74, 6) is 0.839. The molecule has 26 heavy (non-hydrogen) atoms. The third kappa shape index (κ3) is 2.66. The molecule has 0 atom stereocenters. The predicted octanol–water partition coefficient (Wildman–Crippen LogP) is 4.79. The summed E-state index contributed by atoms with van der Waals surface area (Å²) in [5, 5.41) is 1.16. The van der Waals surface area contributed by atoms with Gasteiger partial charge in [-0.25, -0.2) is 0 Å². The quantitative estimate of drug-likeness (QED) is 0.679. The highest BCUT2D eigenvalue weighted by molar-refractivity contribution is 6.10. The SMILES string of the molecule is CCCCn1c(C(=O)N2CCOc3ccccc32)c(C)c2ccccc21. The van der Waals surface area contributed by atoms with Crippen molar-refractivity contribution in [1.29, 1.82) is 0 Å². The van der Waals surface area contributed by atoms with E-state index in [9.17, 15) is 4.79 Å². The normalized spacial score (nSPS) is 13.5. The molecule has 2 aromatic carbocycles. The lowest BCUT2D eigenvalue weighted by molar-refractivity contribution is 0.0967. The lowest BCUT2D eigenvalue weighted by Gasteiger charge is -2.30. The van der Waals surface area contributed by atoms with Crippen molar-refractivity contribution in [2.24, 2.45) is 0 Å². The molecule has 0 fully saturated rings. The van der Waals surface area contributed by atoms with Gasteiger partial charge in [0.05, 0.1) is 12.2 Å². The van der Waals surface area contributed by atoms with Gasteiger partial charge in [0.1, 0.15) is 18.1 Å². The third-order valence-corrected chi connectivity index (χ3v) is 5.14. The Morgan fingerprint density at radius 2 is 1.88 bits per heavy atom. The predicted molar refractivity (Wildman–Crippen MR) is 105 cm³/mol. The maximum absolute atomic E-state index is 13.6. The van der Waals surface area contributed by atoms with Gasteiger partial charge in [0.25, 0.3) is 5.91 Å². The highest BCUT2D eigenvalue weighted by Gasteiger charge is 2.29. The molecule has 0 unspecified atom stereocenters. The van der Waals surface area contributed by atoms with Crippen LogP contribution in [0.5, 0.6) is 5.75 Å². The fourth-order valence-corrected chi connectivity index (χ4v) is 3.81. The molecule has 1 aromatic heterocycles.